The highest BCUT2D eigenvalue weighted by atomic mass is 35.5. The number of rotatable bonds is 5. The highest BCUT2D eigenvalue weighted by molar-refractivity contribution is 6.30. The number of H-pyrrole nitrogens is 1. The lowest BCUT2D eigenvalue weighted by Crippen LogP contribution is -2.36. The molecule has 4 N–H and O–H groups in total. The first-order valence-corrected chi connectivity index (χ1v) is 9.70. The van der Waals surface area contributed by atoms with Crippen molar-refractivity contribution in [3.05, 3.63) is 79.6 Å². The number of carbonyl (C=O) groups excluding carboxylic acids is 2. The summed E-state index contributed by atoms with van der Waals surface area (Å²) in [5, 5.41) is 19.2. The van der Waals surface area contributed by atoms with E-state index in [1.54, 1.807) is 24.3 Å². The SMILES string of the molecule is O=C1CC(C(=O)Nc2ccc([N+](=O)[O-])cc2)c2c(nc(Nc3cccc(Cl)c3)[nH]c2=O)N1. The lowest BCUT2D eigenvalue weighted by Gasteiger charge is -2.23. The lowest BCUT2D eigenvalue weighted by atomic mass is 9.92. The zero-order valence-corrected chi connectivity index (χ0v) is 17.0. The van der Waals surface area contributed by atoms with Crippen molar-refractivity contribution in [1.82, 2.24) is 9.97 Å². The van der Waals surface area contributed by atoms with Gasteiger partial charge in [-0.15, -0.1) is 0 Å². The molecule has 12 heteroatoms. The maximum absolute atomic E-state index is 12.8. The van der Waals surface area contributed by atoms with Crippen LogP contribution >= 0.6 is 11.6 Å². The van der Waals surface area contributed by atoms with E-state index < -0.39 is 28.2 Å². The van der Waals surface area contributed by atoms with Gasteiger partial charge in [-0.25, -0.2) is 0 Å². The third-order valence-corrected chi connectivity index (χ3v) is 4.94. The number of benzene rings is 2. The van der Waals surface area contributed by atoms with Gasteiger partial charge in [0.1, 0.15) is 5.82 Å². The van der Waals surface area contributed by atoms with Gasteiger partial charge in [0.15, 0.2) is 0 Å². The van der Waals surface area contributed by atoms with Gasteiger partial charge < -0.3 is 16.0 Å². The molecular weight excluding hydrogens is 440 g/mol. The van der Waals surface area contributed by atoms with Gasteiger partial charge in [0.05, 0.1) is 16.4 Å². The molecule has 0 aliphatic carbocycles. The van der Waals surface area contributed by atoms with E-state index in [0.29, 0.717) is 10.7 Å². The first kappa shape index (κ1) is 21.0. The van der Waals surface area contributed by atoms with Gasteiger partial charge in [0.2, 0.25) is 17.8 Å². The van der Waals surface area contributed by atoms with Crippen LogP contribution in [0.4, 0.5) is 28.8 Å². The zero-order chi connectivity index (χ0) is 22.8. The Balaban J connectivity index is 1.60. The molecule has 1 aliphatic heterocycles. The second kappa shape index (κ2) is 8.47. The van der Waals surface area contributed by atoms with E-state index in [4.69, 9.17) is 11.6 Å². The molecule has 0 fully saturated rings. The van der Waals surface area contributed by atoms with Crippen molar-refractivity contribution in [2.24, 2.45) is 0 Å². The minimum absolute atomic E-state index is 0.0145. The minimum Gasteiger partial charge on any atom is -0.326 e. The minimum atomic E-state index is -1.09. The third kappa shape index (κ3) is 4.42. The number of nitro groups is 1. The monoisotopic (exact) mass is 454 g/mol. The number of carbonyl (C=O) groups is 2. The standard InChI is InChI=1S/C20H15ClN6O5/c21-10-2-1-3-12(8-10)23-20-25-17-16(19(30)26-20)14(9-15(28)24-17)18(29)22-11-4-6-13(7-5-11)27(31)32/h1-8,14H,9H2,(H,22,29)(H3,23,24,25,26,28,30). The summed E-state index contributed by atoms with van der Waals surface area (Å²) >= 11 is 5.95. The maximum Gasteiger partial charge on any atom is 0.269 e. The fourth-order valence-electron chi connectivity index (χ4n) is 3.25. The second-order valence-electron chi connectivity index (χ2n) is 6.91. The summed E-state index contributed by atoms with van der Waals surface area (Å²) in [7, 11) is 0. The average molecular weight is 455 g/mol. The number of aromatic amines is 1. The number of aromatic nitrogens is 2. The van der Waals surface area contributed by atoms with E-state index in [9.17, 15) is 24.5 Å². The number of halogens is 1. The van der Waals surface area contributed by atoms with Gasteiger partial charge >= 0.3 is 0 Å². The molecule has 1 aromatic heterocycles. The molecule has 1 aliphatic rings. The summed E-state index contributed by atoms with van der Waals surface area (Å²) in [5.74, 6) is -2.15. The van der Waals surface area contributed by atoms with Gasteiger partial charge in [-0.05, 0) is 30.3 Å². The maximum atomic E-state index is 12.8. The van der Waals surface area contributed by atoms with Crippen LogP contribution < -0.4 is 21.5 Å². The van der Waals surface area contributed by atoms with Gasteiger partial charge in [0, 0.05) is 35.0 Å². The van der Waals surface area contributed by atoms with Crippen LogP contribution in [0.1, 0.15) is 17.9 Å². The molecule has 1 unspecified atom stereocenters. The van der Waals surface area contributed by atoms with Crippen LogP contribution in [0, 0.1) is 10.1 Å². The Morgan fingerprint density at radius 3 is 2.59 bits per heavy atom. The number of amides is 2. The molecule has 0 saturated carbocycles. The molecule has 32 heavy (non-hydrogen) atoms. The van der Waals surface area contributed by atoms with Crippen molar-refractivity contribution in [3.63, 3.8) is 0 Å². The van der Waals surface area contributed by atoms with E-state index in [1.165, 1.54) is 24.3 Å². The first-order valence-electron chi connectivity index (χ1n) is 9.32. The van der Waals surface area contributed by atoms with Crippen molar-refractivity contribution in [3.8, 4) is 0 Å². The number of non-ortho nitro benzene ring substituents is 1. The summed E-state index contributed by atoms with van der Waals surface area (Å²) < 4.78 is 0. The zero-order valence-electron chi connectivity index (χ0n) is 16.2. The first-order chi connectivity index (χ1) is 15.3. The number of anilines is 4. The van der Waals surface area contributed by atoms with Gasteiger partial charge in [0.25, 0.3) is 11.2 Å². The molecule has 0 bridgehead atoms. The number of hydrogen-bond acceptors (Lipinski definition) is 7. The molecule has 162 valence electrons. The topological polar surface area (TPSA) is 159 Å². The van der Waals surface area contributed by atoms with E-state index in [-0.39, 0.29) is 35.1 Å². The summed E-state index contributed by atoms with van der Waals surface area (Å²) in [5.41, 5.74) is 0.141. The van der Waals surface area contributed by atoms with Crippen molar-refractivity contribution in [2.45, 2.75) is 12.3 Å². The third-order valence-electron chi connectivity index (χ3n) is 4.70. The van der Waals surface area contributed by atoms with Crippen LogP contribution in [0.2, 0.25) is 5.02 Å². The summed E-state index contributed by atoms with van der Waals surface area (Å²) in [6.45, 7) is 0. The Bertz CT molecular complexity index is 1290. The highest BCUT2D eigenvalue weighted by Gasteiger charge is 2.34. The normalized spacial score (nSPS) is 14.8. The molecule has 11 nitrogen and oxygen atoms in total. The van der Waals surface area contributed by atoms with Gasteiger partial charge in [-0.3, -0.25) is 29.5 Å². The van der Waals surface area contributed by atoms with Crippen LogP contribution in [0.3, 0.4) is 0 Å². The number of nitrogens with one attached hydrogen (secondary N) is 4. The van der Waals surface area contributed by atoms with E-state index in [2.05, 4.69) is 25.9 Å². The van der Waals surface area contributed by atoms with E-state index in [0.717, 1.165) is 0 Å². The quantitative estimate of drug-likeness (QED) is 0.340. The number of nitro benzene ring substituents is 1. The Morgan fingerprint density at radius 2 is 1.91 bits per heavy atom. The number of fused-ring (bicyclic) bond motifs is 1. The summed E-state index contributed by atoms with van der Waals surface area (Å²) in [4.78, 5) is 54.8. The predicted molar refractivity (Wildman–Crippen MR) is 117 cm³/mol. The van der Waals surface area contributed by atoms with Gasteiger partial charge in [-0.1, -0.05) is 17.7 Å². The largest absolute Gasteiger partial charge is 0.326 e. The van der Waals surface area contributed by atoms with Gasteiger partial charge in [-0.2, -0.15) is 4.98 Å². The molecule has 0 spiro atoms. The average Bonchev–Trinajstić information content (AvgIpc) is 2.73. The molecule has 1 atom stereocenters. The lowest BCUT2D eigenvalue weighted by molar-refractivity contribution is -0.384. The fourth-order valence-corrected chi connectivity index (χ4v) is 3.44. The smallest absolute Gasteiger partial charge is 0.269 e. The summed E-state index contributed by atoms with van der Waals surface area (Å²) in [6, 6.07) is 11.9. The molecule has 2 aromatic carbocycles. The molecule has 0 radical (unpaired) electrons. The molecular formula is C20H15ClN6O5. The second-order valence-corrected chi connectivity index (χ2v) is 7.35. The van der Waals surface area contributed by atoms with E-state index >= 15 is 0 Å². The fraction of sp³-hybridized carbons (Fsp3) is 0.100. The molecule has 0 saturated heterocycles. The molecule has 4 rings (SSSR count). The van der Waals surface area contributed by atoms with Crippen LogP contribution in [-0.4, -0.2) is 26.7 Å². The van der Waals surface area contributed by atoms with Crippen LogP contribution in [0.5, 0.6) is 0 Å². The van der Waals surface area contributed by atoms with Crippen molar-refractivity contribution in [1.29, 1.82) is 0 Å². The Morgan fingerprint density at radius 1 is 1.16 bits per heavy atom. The Labute approximate surface area is 185 Å². The molecule has 2 amide bonds. The van der Waals surface area contributed by atoms with Crippen LogP contribution in [0.15, 0.2) is 53.3 Å². The number of nitrogens with zero attached hydrogens (tertiary/aromatic N) is 2. The van der Waals surface area contributed by atoms with Crippen molar-refractivity contribution >= 4 is 52.2 Å². The number of hydrogen-bond donors (Lipinski definition) is 4. The highest BCUT2D eigenvalue weighted by Crippen LogP contribution is 2.30. The Kier molecular flexibility index (Phi) is 5.56. The summed E-state index contributed by atoms with van der Waals surface area (Å²) in [6.07, 6.45) is -0.252. The van der Waals surface area contributed by atoms with Crippen LogP contribution in [-0.2, 0) is 9.59 Å². The molecule has 3 aromatic rings. The molecule has 2 heterocycles. The van der Waals surface area contributed by atoms with Crippen LogP contribution in [0.25, 0.3) is 0 Å². The van der Waals surface area contributed by atoms with Crippen molar-refractivity contribution < 1.29 is 14.5 Å². The van der Waals surface area contributed by atoms with E-state index in [1.807, 2.05) is 0 Å². The van der Waals surface area contributed by atoms with Crippen molar-refractivity contribution in [2.75, 3.05) is 16.0 Å². The predicted octanol–water partition coefficient (Wildman–Crippen LogP) is 3.14. The Hall–Kier alpha value is -4.25.